The Kier molecular flexibility index (Phi) is 6.91. The van der Waals surface area contributed by atoms with Crippen molar-refractivity contribution in [2.75, 3.05) is 45.2 Å². The van der Waals surface area contributed by atoms with E-state index in [-0.39, 0.29) is 11.9 Å². The summed E-state index contributed by atoms with van der Waals surface area (Å²) in [5.41, 5.74) is 1.73. The maximum atomic E-state index is 13.5. The van der Waals surface area contributed by atoms with Crippen LogP contribution in [0.15, 0.2) is 24.3 Å². The number of ether oxygens (including phenoxy) is 1. The minimum Gasteiger partial charge on any atom is -0.444 e. The number of hydrogen-bond donors (Lipinski definition) is 1. The Labute approximate surface area is 180 Å². The Morgan fingerprint density at radius 3 is 2.63 bits per heavy atom. The van der Waals surface area contributed by atoms with Gasteiger partial charge in [-0.05, 0) is 71.7 Å². The van der Waals surface area contributed by atoms with E-state index in [0.717, 1.165) is 31.5 Å². The monoisotopic (exact) mass is 416 g/mol. The number of benzene rings is 1. The molecule has 1 saturated heterocycles. The Balaban J connectivity index is 1.64. The molecule has 2 aliphatic rings. The standard InChI is InChI=1S/C23H36N4O3/c1-23(2,3)30-21(28)24-14-17-9-8-12-26(15-17)22(29)27-16-19(25(4)5)13-18-10-6-7-11-20(18)27/h6-7,10-11,17,19H,8-9,12-16H2,1-5H3,(H,24,28). The lowest BCUT2D eigenvalue weighted by atomic mass is 9.96. The number of likely N-dealkylation sites (N-methyl/N-ethyl adjacent to an activating group) is 1. The van der Waals surface area contributed by atoms with Crippen LogP contribution in [0, 0.1) is 5.92 Å². The lowest BCUT2D eigenvalue weighted by Gasteiger charge is -2.41. The molecule has 166 valence electrons. The van der Waals surface area contributed by atoms with Crippen LogP contribution in [-0.4, -0.2) is 73.8 Å². The molecule has 1 N–H and O–H groups in total. The number of carbonyl (C=O) groups excluding carboxylic acids is 2. The van der Waals surface area contributed by atoms with Gasteiger partial charge in [-0.1, -0.05) is 18.2 Å². The summed E-state index contributed by atoms with van der Waals surface area (Å²) in [5, 5.41) is 2.87. The van der Waals surface area contributed by atoms with E-state index in [0.29, 0.717) is 25.7 Å². The maximum absolute atomic E-state index is 13.5. The summed E-state index contributed by atoms with van der Waals surface area (Å²) < 4.78 is 5.33. The summed E-state index contributed by atoms with van der Waals surface area (Å²) in [6.45, 7) is 8.18. The number of fused-ring (bicyclic) bond motifs is 1. The quantitative estimate of drug-likeness (QED) is 0.821. The fourth-order valence-electron chi connectivity index (χ4n) is 4.22. The van der Waals surface area contributed by atoms with E-state index < -0.39 is 11.7 Å². The van der Waals surface area contributed by atoms with Crippen LogP contribution in [0.1, 0.15) is 39.2 Å². The van der Waals surface area contributed by atoms with Gasteiger partial charge in [0.15, 0.2) is 0 Å². The van der Waals surface area contributed by atoms with Crippen molar-refractivity contribution >= 4 is 17.8 Å². The summed E-state index contributed by atoms with van der Waals surface area (Å²) in [5.74, 6) is 0.236. The van der Waals surface area contributed by atoms with Gasteiger partial charge in [0.25, 0.3) is 0 Å². The van der Waals surface area contributed by atoms with Gasteiger partial charge in [0.2, 0.25) is 0 Å². The predicted molar refractivity (Wildman–Crippen MR) is 119 cm³/mol. The van der Waals surface area contributed by atoms with Gasteiger partial charge in [-0.25, -0.2) is 9.59 Å². The molecule has 0 aromatic heterocycles. The third kappa shape index (κ3) is 5.65. The first-order valence-electron chi connectivity index (χ1n) is 10.9. The molecule has 1 aromatic rings. The highest BCUT2D eigenvalue weighted by molar-refractivity contribution is 5.93. The van der Waals surface area contributed by atoms with Gasteiger partial charge in [-0.3, -0.25) is 4.90 Å². The van der Waals surface area contributed by atoms with Crippen molar-refractivity contribution in [3.8, 4) is 0 Å². The average molecular weight is 417 g/mol. The van der Waals surface area contributed by atoms with E-state index >= 15 is 0 Å². The molecule has 2 unspecified atom stereocenters. The first-order chi connectivity index (χ1) is 14.1. The molecule has 7 heteroatoms. The summed E-state index contributed by atoms with van der Waals surface area (Å²) in [7, 11) is 4.14. The molecule has 2 atom stereocenters. The summed E-state index contributed by atoms with van der Waals surface area (Å²) in [4.78, 5) is 31.5. The van der Waals surface area contributed by atoms with Gasteiger partial charge < -0.3 is 19.9 Å². The van der Waals surface area contributed by atoms with Gasteiger partial charge in [0.1, 0.15) is 5.60 Å². The topological polar surface area (TPSA) is 65.1 Å². The van der Waals surface area contributed by atoms with Crippen LogP contribution < -0.4 is 10.2 Å². The van der Waals surface area contributed by atoms with Crippen molar-refractivity contribution in [3.63, 3.8) is 0 Å². The van der Waals surface area contributed by atoms with Gasteiger partial charge in [0.05, 0.1) is 0 Å². The number of amides is 3. The highest BCUT2D eigenvalue weighted by Crippen LogP contribution is 2.30. The molecule has 2 aliphatic heterocycles. The van der Waals surface area contributed by atoms with Gasteiger partial charge >= 0.3 is 12.1 Å². The van der Waals surface area contributed by atoms with E-state index in [2.05, 4.69) is 30.4 Å². The first-order valence-corrected chi connectivity index (χ1v) is 10.9. The number of rotatable bonds is 3. The van der Waals surface area contributed by atoms with Crippen LogP contribution in [0.3, 0.4) is 0 Å². The SMILES string of the molecule is CN(C)C1Cc2ccccc2N(C(=O)N2CCCC(CNC(=O)OC(C)(C)C)C2)C1. The van der Waals surface area contributed by atoms with E-state index in [4.69, 9.17) is 4.74 Å². The molecular weight excluding hydrogens is 380 g/mol. The minimum absolute atomic E-state index is 0.0657. The smallest absolute Gasteiger partial charge is 0.407 e. The molecule has 3 rings (SSSR count). The number of anilines is 1. The van der Waals surface area contributed by atoms with Crippen LogP contribution in [-0.2, 0) is 11.2 Å². The Bertz CT molecular complexity index is 759. The third-order valence-electron chi connectivity index (χ3n) is 5.82. The average Bonchev–Trinajstić information content (AvgIpc) is 2.70. The number of urea groups is 1. The fraction of sp³-hybridized carbons (Fsp3) is 0.652. The summed E-state index contributed by atoms with van der Waals surface area (Å²) in [6, 6.07) is 8.58. The van der Waals surface area contributed by atoms with Crippen LogP contribution in [0.4, 0.5) is 15.3 Å². The predicted octanol–water partition coefficient (Wildman–Crippen LogP) is 3.34. The number of piperidine rings is 1. The van der Waals surface area contributed by atoms with Crippen molar-refractivity contribution in [1.29, 1.82) is 0 Å². The molecule has 0 bridgehead atoms. The molecule has 0 aliphatic carbocycles. The number of nitrogens with one attached hydrogen (secondary N) is 1. The summed E-state index contributed by atoms with van der Waals surface area (Å²) in [6.07, 6.45) is 2.50. The zero-order valence-corrected chi connectivity index (χ0v) is 19.0. The van der Waals surface area contributed by atoms with Crippen molar-refractivity contribution in [1.82, 2.24) is 15.1 Å². The van der Waals surface area contributed by atoms with E-state index in [1.54, 1.807) is 0 Å². The van der Waals surface area contributed by atoms with Crippen molar-refractivity contribution in [3.05, 3.63) is 29.8 Å². The molecule has 1 fully saturated rings. The number of nitrogens with zero attached hydrogens (tertiary/aromatic N) is 3. The number of carbonyl (C=O) groups is 2. The van der Waals surface area contributed by atoms with Gasteiger partial charge in [0, 0.05) is 37.9 Å². The summed E-state index contributed by atoms with van der Waals surface area (Å²) >= 11 is 0. The van der Waals surface area contributed by atoms with Crippen molar-refractivity contribution < 1.29 is 14.3 Å². The Morgan fingerprint density at radius 2 is 1.93 bits per heavy atom. The molecular formula is C23H36N4O3. The normalized spacial score (nSPS) is 21.9. The van der Waals surface area contributed by atoms with Crippen molar-refractivity contribution in [2.24, 2.45) is 5.92 Å². The maximum Gasteiger partial charge on any atom is 0.407 e. The van der Waals surface area contributed by atoms with E-state index in [1.807, 2.05) is 48.8 Å². The fourth-order valence-corrected chi connectivity index (χ4v) is 4.22. The zero-order valence-electron chi connectivity index (χ0n) is 19.0. The number of likely N-dealkylation sites (tertiary alicyclic amines) is 1. The van der Waals surface area contributed by atoms with E-state index in [9.17, 15) is 9.59 Å². The molecule has 2 heterocycles. The number of hydrogen-bond acceptors (Lipinski definition) is 4. The molecule has 7 nitrogen and oxygen atoms in total. The van der Waals surface area contributed by atoms with Crippen molar-refractivity contribution in [2.45, 2.75) is 51.7 Å². The first kappa shape index (κ1) is 22.4. The molecule has 0 radical (unpaired) electrons. The van der Waals surface area contributed by atoms with E-state index in [1.165, 1.54) is 5.56 Å². The Hall–Kier alpha value is -2.28. The second kappa shape index (κ2) is 9.25. The van der Waals surface area contributed by atoms with Crippen LogP contribution in [0.2, 0.25) is 0 Å². The minimum atomic E-state index is -0.511. The Morgan fingerprint density at radius 1 is 1.20 bits per heavy atom. The lowest BCUT2D eigenvalue weighted by molar-refractivity contribution is 0.0511. The van der Waals surface area contributed by atoms with Gasteiger partial charge in [-0.2, -0.15) is 0 Å². The largest absolute Gasteiger partial charge is 0.444 e. The molecule has 0 spiro atoms. The lowest BCUT2D eigenvalue weighted by Crippen LogP contribution is -2.54. The number of para-hydroxylation sites is 1. The zero-order chi connectivity index (χ0) is 21.9. The van der Waals surface area contributed by atoms with Crippen LogP contribution >= 0.6 is 0 Å². The van der Waals surface area contributed by atoms with Crippen LogP contribution in [0.5, 0.6) is 0 Å². The molecule has 1 aromatic carbocycles. The third-order valence-corrected chi connectivity index (χ3v) is 5.82. The van der Waals surface area contributed by atoms with Gasteiger partial charge in [-0.15, -0.1) is 0 Å². The van der Waals surface area contributed by atoms with Crippen LogP contribution in [0.25, 0.3) is 0 Å². The highest BCUT2D eigenvalue weighted by Gasteiger charge is 2.34. The molecule has 0 saturated carbocycles. The molecule has 3 amide bonds. The number of alkyl carbamates (subject to hydrolysis) is 1. The second-order valence-electron chi connectivity index (χ2n) is 9.68. The highest BCUT2D eigenvalue weighted by atomic mass is 16.6. The second-order valence-corrected chi connectivity index (χ2v) is 9.68. The molecule has 30 heavy (non-hydrogen) atoms.